The molecule has 0 saturated heterocycles. The standard InChI is InChI=1S/C21H29BrO4/c1-3-18(25)26-20-13-4-5-15-19(14(13)10-16(20)22)17(24)9-11-8-12(23)6-7-21(11,15)2/h6-7,9,12-17,19-20,23-24H,3-5,8,10H2,1-2H3/t12-,13-,14?,15?,16+,17-,19?,20+,21-/m0/s1. The number of fused-ring (bicyclic) bond motifs is 5. The molecule has 0 aromatic rings. The van der Waals surface area contributed by atoms with Crippen LogP contribution in [0.3, 0.4) is 0 Å². The normalized spacial score (nSPS) is 49.7. The van der Waals surface area contributed by atoms with Crippen LogP contribution in [0.15, 0.2) is 23.8 Å². The van der Waals surface area contributed by atoms with Gasteiger partial charge in [-0.15, -0.1) is 0 Å². The molecule has 0 aromatic carbocycles. The van der Waals surface area contributed by atoms with Crippen molar-refractivity contribution in [3.63, 3.8) is 0 Å². The molecule has 0 heterocycles. The SMILES string of the molecule is CCC(=O)O[C@H]1[C@H](Br)CC2C3C(CC[C@@H]21)[C@@]1(C)C=C[C@H](O)CC1=C[C@@H]3O. The van der Waals surface area contributed by atoms with Gasteiger partial charge in [-0.2, -0.15) is 0 Å². The van der Waals surface area contributed by atoms with Crippen LogP contribution in [0.1, 0.15) is 46.0 Å². The Labute approximate surface area is 163 Å². The summed E-state index contributed by atoms with van der Waals surface area (Å²) in [5.41, 5.74) is 1.11. The molecule has 4 nitrogen and oxygen atoms in total. The van der Waals surface area contributed by atoms with E-state index in [9.17, 15) is 15.0 Å². The molecule has 2 N–H and O–H groups in total. The number of halogens is 1. The van der Waals surface area contributed by atoms with Crippen LogP contribution in [0.2, 0.25) is 0 Å². The number of aliphatic hydroxyl groups is 2. The maximum absolute atomic E-state index is 11.9. The smallest absolute Gasteiger partial charge is 0.305 e. The minimum atomic E-state index is -0.477. The molecule has 144 valence electrons. The lowest BCUT2D eigenvalue weighted by Gasteiger charge is -2.54. The third-order valence-corrected chi connectivity index (χ3v) is 8.37. The minimum Gasteiger partial charge on any atom is -0.461 e. The molecule has 9 atom stereocenters. The summed E-state index contributed by atoms with van der Waals surface area (Å²) in [6.45, 7) is 4.09. The zero-order valence-corrected chi connectivity index (χ0v) is 17.1. The van der Waals surface area contributed by atoms with Gasteiger partial charge in [-0.3, -0.25) is 4.79 Å². The topological polar surface area (TPSA) is 66.8 Å². The Balaban J connectivity index is 1.63. The van der Waals surface area contributed by atoms with Crippen LogP contribution in [0, 0.1) is 29.1 Å². The maximum atomic E-state index is 11.9. The van der Waals surface area contributed by atoms with Gasteiger partial charge in [0.15, 0.2) is 0 Å². The first-order valence-electron chi connectivity index (χ1n) is 9.95. The van der Waals surface area contributed by atoms with Crippen LogP contribution in [-0.2, 0) is 9.53 Å². The molecule has 4 aliphatic rings. The van der Waals surface area contributed by atoms with Crippen LogP contribution in [-0.4, -0.2) is 39.3 Å². The molecule has 0 aliphatic heterocycles. The first kappa shape index (κ1) is 18.7. The summed E-state index contributed by atoms with van der Waals surface area (Å²) in [5, 5.41) is 21.0. The molecule has 2 saturated carbocycles. The fourth-order valence-electron chi connectivity index (χ4n) is 6.21. The predicted molar refractivity (Wildman–Crippen MR) is 103 cm³/mol. The van der Waals surface area contributed by atoms with Gasteiger partial charge in [-0.05, 0) is 43.4 Å². The van der Waals surface area contributed by atoms with E-state index in [0.29, 0.717) is 30.6 Å². The number of hydrogen-bond donors (Lipinski definition) is 2. The number of carbonyl (C=O) groups excluding carboxylic acids is 1. The molecule has 0 amide bonds. The van der Waals surface area contributed by atoms with Crippen molar-refractivity contribution in [2.75, 3.05) is 0 Å². The Morgan fingerprint density at radius 1 is 1.35 bits per heavy atom. The Bertz CT molecular complexity index is 644. The summed E-state index contributed by atoms with van der Waals surface area (Å²) >= 11 is 3.76. The monoisotopic (exact) mass is 424 g/mol. The van der Waals surface area contributed by atoms with Gasteiger partial charge in [0.25, 0.3) is 0 Å². The van der Waals surface area contributed by atoms with E-state index in [4.69, 9.17) is 4.74 Å². The second-order valence-corrected chi connectivity index (χ2v) is 9.92. The van der Waals surface area contributed by atoms with Crippen molar-refractivity contribution in [3.05, 3.63) is 23.8 Å². The summed E-state index contributed by atoms with van der Waals surface area (Å²) < 4.78 is 5.77. The van der Waals surface area contributed by atoms with Crippen LogP contribution in [0.25, 0.3) is 0 Å². The highest BCUT2D eigenvalue weighted by atomic mass is 79.9. The zero-order valence-electron chi connectivity index (χ0n) is 15.5. The molecule has 0 bridgehead atoms. The molecule has 0 radical (unpaired) electrons. The quantitative estimate of drug-likeness (QED) is 0.405. The summed E-state index contributed by atoms with van der Waals surface area (Å²) in [4.78, 5) is 12.0. The van der Waals surface area contributed by atoms with E-state index in [-0.39, 0.29) is 28.2 Å². The van der Waals surface area contributed by atoms with Crippen molar-refractivity contribution >= 4 is 21.9 Å². The zero-order chi connectivity index (χ0) is 18.6. The van der Waals surface area contributed by atoms with Gasteiger partial charge in [0.05, 0.1) is 17.0 Å². The van der Waals surface area contributed by atoms with Crippen molar-refractivity contribution in [1.29, 1.82) is 0 Å². The molecule has 3 unspecified atom stereocenters. The van der Waals surface area contributed by atoms with E-state index in [1.165, 1.54) is 5.57 Å². The van der Waals surface area contributed by atoms with Gasteiger partial charge in [0, 0.05) is 17.8 Å². The number of alkyl halides is 1. The Hall–Kier alpha value is -0.650. The number of esters is 1. The molecular weight excluding hydrogens is 396 g/mol. The van der Waals surface area contributed by atoms with Crippen molar-refractivity contribution in [2.24, 2.45) is 29.1 Å². The lowest BCUT2D eigenvalue weighted by Crippen LogP contribution is -2.51. The highest BCUT2D eigenvalue weighted by Crippen LogP contribution is 2.60. The highest BCUT2D eigenvalue weighted by Gasteiger charge is 2.58. The highest BCUT2D eigenvalue weighted by molar-refractivity contribution is 9.09. The third kappa shape index (κ3) is 2.82. The van der Waals surface area contributed by atoms with E-state index in [1.54, 1.807) is 0 Å². The lowest BCUT2D eigenvalue weighted by atomic mass is 9.51. The Morgan fingerprint density at radius 2 is 2.12 bits per heavy atom. The van der Waals surface area contributed by atoms with Gasteiger partial charge in [0.2, 0.25) is 0 Å². The molecule has 26 heavy (non-hydrogen) atoms. The van der Waals surface area contributed by atoms with Gasteiger partial charge in [0.1, 0.15) is 6.10 Å². The molecule has 4 aliphatic carbocycles. The predicted octanol–water partition coefficient (Wildman–Crippen LogP) is 3.36. The average Bonchev–Trinajstić information content (AvgIpc) is 2.92. The molecule has 0 aromatic heterocycles. The van der Waals surface area contributed by atoms with E-state index in [2.05, 4.69) is 28.9 Å². The molecule has 5 heteroatoms. The van der Waals surface area contributed by atoms with Crippen LogP contribution in [0.5, 0.6) is 0 Å². The summed E-state index contributed by atoms with van der Waals surface area (Å²) in [6.07, 6.45) is 9.12. The fraction of sp³-hybridized carbons (Fsp3) is 0.762. The van der Waals surface area contributed by atoms with Crippen molar-refractivity contribution in [2.45, 2.75) is 69.1 Å². The van der Waals surface area contributed by atoms with E-state index in [0.717, 1.165) is 19.3 Å². The molecule has 4 rings (SSSR count). The third-order valence-electron chi connectivity index (χ3n) is 7.47. The van der Waals surface area contributed by atoms with Gasteiger partial charge in [-0.25, -0.2) is 0 Å². The van der Waals surface area contributed by atoms with Gasteiger partial charge >= 0.3 is 5.97 Å². The van der Waals surface area contributed by atoms with Crippen LogP contribution in [0.4, 0.5) is 0 Å². The number of carbonyl (C=O) groups is 1. The van der Waals surface area contributed by atoms with E-state index in [1.807, 2.05) is 19.1 Å². The first-order valence-corrected chi connectivity index (χ1v) is 10.9. The average molecular weight is 425 g/mol. The van der Waals surface area contributed by atoms with Crippen LogP contribution >= 0.6 is 15.9 Å². The Morgan fingerprint density at radius 3 is 2.85 bits per heavy atom. The maximum Gasteiger partial charge on any atom is 0.305 e. The summed E-state index contributed by atoms with van der Waals surface area (Å²) in [6, 6.07) is 0. The second kappa shape index (κ2) is 6.75. The number of rotatable bonds is 2. The summed E-state index contributed by atoms with van der Waals surface area (Å²) in [5.74, 6) is 1.11. The fourth-order valence-corrected chi connectivity index (χ4v) is 7.14. The number of ether oxygens (including phenoxy) is 1. The first-order chi connectivity index (χ1) is 12.3. The van der Waals surface area contributed by atoms with Crippen LogP contribution < -0.4 is 0 Å². The summed E-state index contributed by atoms with van der Waals surface area (Å²) in [7, 11) is 0. The Kier molecular flexibility index (Phi) is 4.85. The van der Waals surface area contributed by atoms with E-state index >= 15 is 0 Å². The molecule has 2 fully saturated rings. The van der Waals surface area contributed by atoms with Gasteiger partial charge < -0.3 is 14.9 Å². The van der Waals surface area contributed by atoms with Crippen molar-refractivity contribution in [3.8, 4) is 0 Å². The largest absolute Gasteiger partial charge is 0.461 e. The molecular formula is C21H29BrO4. The second-order valence-electron chi connectivity index (χ2n) is 8.74. The van der Waals surface area contributed by atoms with E-state index < -0.39 is 12.2 Å². The minimum absolute atomic E-state index is 0.0753. The number of allylic oxidation sites excluding steroid dienone is 1. The van der Waals surface area contributed by atoms with Crippen molar-refractivity contribution < 1.29 is 19.7 Å². The number of aliphatic hydroxyl groups excluding tert-OH is 2. The van der Waals surface area contributed by atoms with Crippen molar-refractivity contribution in [1.82, 2.24) is 0 Å². The molecule has 0 spiro atoms. The lowest BCUT2D eigenvalue weighted by molar-refractivity contribution is -0.152. The number of hydrogen-bond acceptors (Lipinski definition) is 4. The van der Waals surface area contributed by atoms with Gasteiger partial charge in [-0.1, -0.05) is 53.6 Å².